The lowest BCUT2D eigenvalue weighted by Crippen LogP contribution is -2.48. The highest BCUT2D eigenvalue weighted by atomic mass is 35.5. The first-order valence-electron chi connectivity index (χ1n) is 7.94. The highest BCUT2D eigenvalue weighted by Crippen LogP contribution is 2.26. The summed E-state index contributed by atoms with van der Waals surface area (Å²) in [5.74, 6) is -1.36. The van der Waals surface area contributed by atoms with Crippen molar-refractivity contribution in [3.8, 4) is 5.69 Å². The molecular weight excluding hydrogens is 365 g/mol. The normalized spacial score (nSPS) is 17.6. The summed E-state index contributed by atoms with van der Waals surface area (Å²) in [5.41, 5.74) is 1.53. The van der Waals surface area contributed by atoms with Crippen molar-refractivity contribution in [1.82, 2.24) is 14.7 Å². The van der Waals surface area contributed by atoms with Gasteiger partial charge in [-0.1, -0.05) is 23.2 Å². The van der Waals surface area contributed by atoms with Gasteiger partial charge < -0.3 is 10.0 Å². The molecule has 132 valence electrons. The number of hydrogen-bond donors (Lipinski definition) is 1. The van der Waals surface area contributed by atoms with Gasteiger partial charge in [-0.15, -0.1) is 0 Å². The number of rotatable bonds is 3. The first kappa shape index (κ1) is 17.8. The number of aryl methyl sites for hydroxylation is 1. The van der Waals surface area contributed by atoms with Gasteiger partial charge in [0.05, 0.1) is 10.7 Å². The summed E-state index contributed by atoms with van der Waals surface area (Å²) in [7, 11) is 0. The van der Waals surface area contributed by atoms with Crippen LogP contribution in [0.15, 0.2) is 24.3 Å². The molecule has 1 aromatic carbocycles. The standard InChI is InChI=1S/C17H17Cl2N3O3/c1-10-8-13(16(23)21-7-3-2-4-15(21)17(24)25)20-22(10)14-6-5-11(18)9-12(14)19/h5-6,8-9,15H,2-4,7H2,1H3,(H,24,25)/t15-/m1/s1. The summed E-state index contributed by atoms with van der Waals surface area (Å²) < 4.78 is 1.56. The maximum atomic E-state index is 12.8. The van der Waals surface area contributed by atoms with Gasteiger partial charge in [0.1, 0.15) is 6.04 Å². The fraction of sp³-hybridized carbons (Fsp3) is 0.353. The molecule has 1 atom stereocenters. The van der Waals surface area contributed by atoms with Crippen LogP contribution in [0.25, 0.3) is 5.69 Å². The third kappa shape index (κ3) is 3.50. The number of carboxylic acids is 1. The molecule has 8 heteroatoms. The molecule has 1 amide bonds. The molecule has 0 spiro atoms. The number of halogens is 2. The molecule has 6 nitrogen and oxygen atoms in total. The van der Waals surface area contributed by atoms with Gasteiger partial charge in [0.25, 0.3) is 5.91 Å². The average Bonchev–Trinajstić information content (AvgIpc) is 2.96. The Morgan fingerprint density at radius 1 is 1.24 bits per heavy atom. The van der Waals surface area contributed by atoms with Gasteiger partial charge in [-0.3, -0.25) is 4.79 Å². The van der Waals surface area contributed by atoms with Crippen molar-refractivity contribution in [2.24, 2.45) is 0 Å². The molecule has 1 aromatic heterocycles. The number of piperidine rings is 1. The lowest BCUT2D eigenvalue weighted by molar-refractivity contribution is -0.143. The fourth-order valence-electron chi connectivity index (χ4n) is 3.05. The van der Waals surface area contributed by atoms with Crippen molar-refractivity contribution in [3.63, 3.8) is 0 Å². The Bertz CT molecular complexity index is 835. The monoisotopic (exact) mass is 381 g/mol. The number of likely N-dealkylation sites (tertiary alicyclic amines) is 1. The number of hydrogen-bond acceptors (Lipinski definition) is 3. The smallest absolute Gasteiger partial charge is 0.326 e. The van der Waals surface area contributed by atoms with Gasteiger partial charge in [0.15, 0.2) is 5.69 Å². The molecule has 0 unspecified atom stereocenters. The second-order valence-corrected chi connectivity index (χ2v) is 6.87. The van der Waals surface area contributed by atoms with Gasteiger partial charge in [-0.25, -0.2) is 9.48 Å². The van der Waals surface area contributed by atoms with Gasteiger partial charge in [0.2, 0.25) is 0 Å². The topological polar surface area (TPSA) is 75.4 Å². The number of carbonyl (C=O) groups excluding carboxylic acids is 1. The number of carbonyl (C=O) groups is 2. The molecule has 0 aliphatic carbocycles. The van der Waals surface area contributed by atoms with Crippen LogP contribution in [0.1, 0.15) is 35.4 Å². The summed E-state index contributed by atoms with van der Waals surface area (Å²) in [6, 6.07) is 5.86. The first-order valence-corrected chi connectivity index (χ1v) is 8.70. The Hall–Kier alpha value is -2.05. The van der Waals surface area contributed by atoms with Crippen LogP contribution in [0, 0.1) is 6.92 Å². The molecule has 1 saturated heterocycles. The van der Waals surface area contributed by atoms with Crippen LogP contribution in [-0.4, -0.2) is 44.3 Å². The molecule has 0 saturated carbocycles. The summed E-state index contributed by atoms with van der Waals surface area (Å²) in [4.78, 5) is 25.6. The third-order valence-electron chi connectivity index (χ3n) is 4.29. The molecule has 1 N–H and O–H groups in total. The second-order valence-electron chi connectivity index (χ2n) is 6.03. The summed E-state index contributed by atoms with van der Waals surface area (Å²) in [6.45, 7) is 2.23. The van der Waals surface area contributed by atoms with Crippen LogP contribution in [0.4, 0.5) is 0 Å². The van der Waals surface area contributed by atoms with Crippen molar-refractivity contribution in [3.05, 3.63) is 45.7 Å². The van der Waals surface area contributed by atoms with E-state index < -0.39 is 12.0 Å². The maximum Gasteiger partial charge on any atom is 0.326 e. The molecular formula is C17H17Cl2N3O3. The Morgan fingerprint density at radius 3 is 2.68 bits per heavy atom. The Morgan fingerprint density at radius 2 is 2.00 bits per heavy atom. The minimum absolute atomic E-state index is 0.205. The predicted octanol–water partition coefficient (Wildman–Crippen LogP) is 3.57. The molecule has 0 bridgehead atoms. The summed E-state index contributed by atoms with van der Waals surface area (Å²) >= 11 is 12.1. The number of aliphatic carboxylic acids is 1. The average molecular weight is 382 g/mol. The van der Waals surface area contributed by atoms with Gasteiger partial charge in [-0.05, 0) is 50.5 Å². The molecule has 2 heterocycles. The lowest BCUT2D eigenvalue weighted by Gasteiger charge is -2.32. The molecule has 1 aliphatic heterocycles. The molecule has 2 aromatic rings. The van der Waals surface area contributed by atoms with Crippen LogP contribution >= 0.6 is 23.2 Å². The molecule has 25 heavy (non-hydrogen) atoms. The minimum atomic E-state index is -0.982. The fourth-order valence-corrected chi connectivity index (χ4v) is 3.54. The van der Waals surface area contributed by atoms with E-state index in [1.54, 1.807) is 35.9 Å². The van der Waals surface area contributed by atoms with Gasteiger partial charge in [-0.2, -0.15) is 5.10 Å². The van der Waals surface area contributed by atoms with E-state index in [1.165, 1.54) is 4.90 Å². The summed E-state index contributed by atoms with van der Waals surface area (Å²) in [5, 5.41) is 14.6. The predicted molar refractivity (Wildman–Crippen MR) is 94.6 cm³/mol. The SMILES string of the molecule is Cc1cc(C(=O)N2CCCC[C@@H]2C(=O)O)nn1-c1ccc(Cl)cc1Cl. The van der Waals surface area contributed by atoms with E-state index in [4.69, 9.17) is 23.2 Å². The minimum Gasteiger partial charge on any atom is -0.480 e. The van der Waals surface area contributed by atoms with Gasteiger partial charge >= 0.3 is 5.97 Å². The van der Waals surface area contributed by atoms with Crippen LogP contribution in [0.5, 0.6) is 0 Å². The Kier molecular flexibility index (Phi) is 5.01. The highest BCUT2D eigenvalue weighted by Gasteiger charge is 2.33. The van der Waals surface area contributed by atoms with Crippen LogP contribution < -0.4 is 0 Å². The quantitative estimate of drug-likeness (QED) is 0.881. The second kappa shape index (κ2) is 7.06. The van der Waals surface area contributed by atoms with E-state index >= 15 is 0 Å². The van der Waals surface area contributed by atoms with Crippen LogP contribution in [0.2, 0.25) is 10.0 Å². The Labute approximate surface area is 154 Å². The zero-order valence-corrected chi connectivity index (χ0v) is 15.1. The van der Waals surface area contributed by atoms with Crippen LogP contribution in [0.3, 0.4) is 0 Å². The van der Waals surface area contributed by atoms with Gasteiger partial charge in [0, 0.05) is 17.3 Å². The van der Waals surface area contributed by atoms with Crippen molar-refractivity contribution < 1.29 is 14.7 Å². The first-order chi connectivity index (χ1) is 11.9. The third-order valence-corrected chi connectivity index (χ3v) is 4.83. The van der Waals surface area contributed by atoms with Crippen LogP contribution in [-0.2, 0) is 4.79 Å². The van der Waals surface area contributed by atoms with E-state index in [0.29, 0.717) is 28.7 Å². The largest absolute Gasteiger partial charge is 0.480 e. The van der Waals surface area contributed by atoms with E-state index in [2.05, 4.69) is 5.10 Å². The molecule has 1 aliphatic rings. The van der Waals surface area contributed by atoms with Crippen molar-refractivity contribution in [2.75, 3.05) is 6.54 Å². The van der Waals surface area contributed by atoms with E-state index in [0.717, 1.165) is 18.5 Å². The van der Waals surface area contributed by atoms with E-state index in [1.807, 2.05) is 0 Å². The van der Waals surface area contributed by atoms with E-state index in [-0.39, 0.29) is 11.6 Å². The Balaban J connectivity index is 1.93. The highest BCUT2D eigenvalue weighted by molar-refractivity contribution is 6.35. The number of aromatic nitrogens is 2. The number of amides is 1. The lowest BCUT2D eigenvalue weighted by atomic mass is 10.0. The number of nitrogens with zero attached hydrogens (tertiary/aromatic N) is 3. The molecule has 3 rings (SSSR count). The zero-order valence-electron chi connectivity index (χ0n) is 13.6. The van der Waals surface area contributed by atoms with Crippen molar-refractivity contribution >= 4 is 35.1 Å². The van der Waals surface area contributed by atoms with Crippen molar-refractivity contribution in [1.29, 1.82) is 0 Å². The maximum absolute atomic E-state index is 12.8. The van der Waals surface area contributed by atoms with E-state index in [9.17, 15) is 14.7 Å². The summed E-state index contributed by atoms with van der Waals surface area (Å²) in [6.07, 6.45) is 2.05. The number of carboxylic acid groups (broad SMARTS) is 1. The zero-order chi connectivity index (χ0) is 18.1. The number of benzene rings is 1. The molecule has 1 fully saturated rings. The van der Waals surface area contributed by atoms with Crippen molar-refractivity contribution in [2.45, 2.75) is 32.2 Å². The molecule has 0 radical (unpaired) electrons.